The maximum atomic E-state index is 10.8. The molecule has 2 nitrogen and oxygen atoms in total. The summed E-state index contributed by atoms with van der Waals surface area (Å²) >= 11 is 1.29. The molecule has 0 aliphatic rings. The molecule has 1 N–H and O–H groups in total. The van der Waals surface area contributed by atoms with Crippen molar-refractivity contribution in [1.82, 2.24) is 0 Å². The fraction of sp³-hybridized carbons (Fsp3) is 0.100. The Bertz CT molecular complexity index is 471. The Balaban J connectivity index is 2.90. The van der Waals surface area contributed by atoms with Crippen LogP contribution in [0.5, 0.6) is 5.06 Å². The minimum absolute atomic E-state index is 0.253. The van der Waals surface area contributed by atoms with Gasteiger partial charge in [0.25, 0.3) is 0 Å². The third kappa shape index (κ3) is 1.21. The summed E-state index contributed by atoms with van der Waals surface area (Å²) in [6.45, 7) is 1.89. The molecule has 3 heteroatoms. The molecule has 0 bridgehead atoms. The van der Waals surface area contributed by atoms with Gasteiger partial charge in [0.05, 0.1) is 0 Å². The number of fused-ring (bicyclic) bond motifs is 1. The summed E-state index contributed by atoms with van der Waals surface area (Å²) in [5.41, 5.74) is 1.62. The summed E-state index contributed by atoms with van der Waals surface area (Å²) in [5, 5.41) is 10.4. The molecule has 0 saturated heterocycles. The maximum Gasteiger partial charge on any atom is 0.172 e. The number of carbonyl (C=O) groups is 1. The predicted molar refractivity (Wildman–Crippen MR) is 53.6 cm³/mol. The van der Waals surface area contributed by atoms with Crippen LogP contribution in [-0.4, -0.2) is 11.4 Å². The van der Waals surface area contributed by atoms with Gasteiger partial charge in [0.1, 0.15) is 0 Å². The van der Waals surface area contributed by atoms with E-state index < -0.39 is 0 Å². The summed E-state index contributed by atoms with van der Waals surface area (Å²) in [5.74, 6) is 0. The van der Waals surface area contributed by atoms with Gasteiger partial charge in [-0.25, -0.2) is 0 Å². The number of hydrogen-bond donors (Lipinski definition) is 1. The number of aldehydes is 1. The number of aryl methyl sites for hydroxylation is 1. The summed E-state index contributed by atoms with van der Waals surface area (Å²) < 4.78 is 0.949. The number of hydrogen-bond acceptors (Lipinski definition) is 3. The van der Waals surface area contributed by atoms with E-state index in [1.807, 2.05) is 19.1 Å². The number of carbonyl (C=O) groups excluding carboxylic acids is 1. The molecule has 0 aliphatic heterocycles. The molecule has 0 radical (unpaired) electrons. The summed E-state index contributed by atoms with van der Waals surface area (Å²) in [6.07, 6.45) is 0.837. The Hall–Kier alpha value is -1.35. The van der Waals surface area contributed by atoms with E-state index in [4.69, 9.17) is 0 Å². The van der Waals surface area contributed by atoms with Crippen molar-refractivity contribution in [2.45, 2.75) is 6.92 Å². The zero-order chi connectivity index (χ0) is 9.42. The topological polar surface area (TPSA) is 37.3 Å². The van der Waals surface area contributed by atoms with Crippen molar-refractivity contribution in [3.8, 4) is 5.06 Å². The molecule has 66 valence electrons. The number of aromatic hydroxyl groups is 1. The Morgan fingerprint density at radius 2 is 2.23 bits per heavy atom. The van der Waals surface area contributed by atoms with E-state index in [0.717, 1.165) is 21.9 Å². The molecule has 0 spiro atoms. The molecule has 0 unspecified atom stereocenters. The molecule has 1 heterocycles. The van der Waals surface area contributed by atoms with Crippen molar-refractivity contribution in [1.29, 1.82) is 0 Å². The molecule has 0 aliphatic carbocycles. The van der Waals surface area contributed by atoms with Gasteiger partial charge in [0, 0.05) is 21.7 Å². The van der Waals surface area contributed by atoms with Crippen LogP contribution in [0.15, 0.2) is 18.2 Å². The lowest BCUT2D eigenvalue weighted by atomic mass is 10.1. The first kappa shape index (κ1) is 8.26. The van der Waals surface area contributed by atoms with E-state index in [-0.39, 0.29) is 5.06 Å². The van der Waals surface area contributed by atoms with Crippen molar-refractivity contribution < 1.29 is 9.90 Å². The smallest absolute Gasteiger partial charge is 0.172 e. The third-order valence-corrected chi connectivity index (χ3v) is 2.97. The number of rotatable bonds is 1. The second-order valence-electron chi connectivity index (χ2n) is 2.91. The molecule has 2 rings (SSSR count). The highest BCUT2D eigenvalue weighted by Gasteiger charge is 2.06. The largest absolute Gasteiger partial charge is 0.499 e. The quantitative estimate of drug-likeness (QED) is 0.705. The van der Waals surface area contributed by atoms with Crippen LogP contribution in [0.2, 0.25) is 0 Å². The molecule has 0 atom stereocenters. The van der Waals surface area contributed by atoms with Gasteiger partial charge in [0.15, 0.2) is 11.3 Å². The van der Waals surface area contributed by atoms with Crippen molar-refractivity contribution in [3.63, 3.8) is 0 Å². The normalized spacial score (nSPS) is 10.5. The van der Waals surface area contributed by atoms with Gasteiger partial charge in [-0.2, -0.15) is 0 Å². The Kier molecular flexibility index (Phi) is 1.81. The van der Waals surface area contributed by atoms with E-state index >= 15 is 0 Å². The fourth-order valence-electron chi connectivity index (χ4n) is 1.39. The van der Waals surface area contributed by atoms with Crippen LogP contribution in [0.1, 0.15) is 15.9 Å². The van der Waals surface area contributed by atoms with Crippen molar-refractivity contribution >= 4 is 27.7 Å². The van der Waals surface area contributed by atoms with Crippen LogP contribution in [-0.2, 0) is 0 Å². The highest BCUT2D eigenvalue weighted by Crippen LogP contribution is 2.33. The van der Waals surface area contributed by atoms with Gasteiger partial charge >= 0.3 is 0 Å². The standard InChI is InChI=1S/C10H8O2S/c1-6-2-3-9-7(8(6)5-11)4-10(12)13-9/h2-5,12H,1H3. The van der Waals surface area contributed by atoms with Crippen LogP contribution >= 0.6 is 11.3 Å². The highest BCUT2D eigenvalue weighted by atomic mass is 32.1. The first-order valence-electron chi connectivity index (χ1n) is 3.89. The third-order valence-electron chi connectivity index (χ3n) is 2.07. The molecule has 0 fully saturated rings. The van der Waals surface area contributed by atoms with Crippen LogP contribution < -0.4 is 0 Å². The van der Waals surface area contributed by atoms with Crippen LogP contribution in [0.3, 0.4) is 0 Å². The van der Waals surface area contributed by atoms with Crippen molar-refractivity contribution in [3.05, 3.63) is 29.3 Å². The SMILES string of the molecule is Cc1ccc2sc(O)cc2c1C=O. The van der Waals surface area contributed by atoms with Gasteiger partial charge in [0.2, 0.25) is 0 Å². The van der Waals surface area contributed by atoms with E-state index in [1.54, 1.807) is 6.07 Å². The zero-order valence-corrected chi connectivity index (χ0v) is 7.89. The van der Waals surface area contributed by atoms with Gasteiger partial charge in [-0.05, 0) is 18.6 Å². The lowest BCUT2D eigenvalue weighted by Crippen LogP contribution is -1.85. The lowest BCUT2D eigenvalue weighted by Gasteiger charge is -1.97. The Morgan fingerprint density at radius 1 is 1.46 bits per heavy atom. The number of thiophene rings is 1. The molecular weight excluding hydrogens is 184 g/mol. The second-order valence-corrected chi connectivity index (χ2v) is 3.97. The van der Waals surface area contributed by atoms with Gasteiger partial charge in [-0.15, -0.1) is 0 Å². The minimum atomic E-state index is 0.253. The highest BCUT2D eigenvalue weighted by molar-refractivity contribution is 7.20. The second kappa shape index (κ2) is 2.85. The monoisotopic (exact) mass is 192 g/mol. The maximum absolute atomic E-state index is 10.8. The van der Waals surface area contributed by atoms with Gasteiger partial charge in [-0.1, -0.05) is 17.4 Å². The average Bonchev–Trinajstić information content (AvgIpc) is 2.45. The van der Waals surface area contributed by atoms with Gasteiger partial charge in [-0.3, -0.25) is 4.79 Å². The van der Waals surface area contributed by atoms with Crippen LogP contribution in [0, 0.1) is 6.92 Å². The van der Waals surface area contributed by atoms with Crippen LogP contribution in [0.25, 0.3) is 10.1 Å². The zero-order valence-electron chi connectivity index (χ0n) is 7.07. The average molecular weight is 192 g/mol. The molecule has 0 saturated carbocycles. The molecule has 0 amide bonds. The predicted octanol–water partition coefficient (Wildman–Crippen LogP) is 2.73. The van der Waals surface area contributed by atoms with E-state index in [2.05, 4.69) is 0 Å². The van der Waals surface area contributed by atoms with E-state index in [1.165, 1.54) is 11.3 Å². The summed E-state index contributed by atoms with van der Waals surface area (Å²) in [6, 6.07) is 5.45. The Labute approximate surface area is 79.4 Å². The summed E-state index contributed by atoms with van der Waals surface area (Å²) in [4.78, 5) is 10.8. The van der Waals surface area contributed by atoms with Crippen molar-refractivity contribution in [2.24, 2.45) is 0 Å². The molecule has 1 aromatic carbocycles. The summed E-state index contributed by atoms with van der Waals surface area (Å²) in [7, 11) is 0. The molecule has 1 aromatic heterocycles. The Morgan fingerprint density at radius 3 is 2.92 bits per heavy atom. The van der Waals surface area contributed by atoms with E-state index in [9.17, 15) is 9.90 Å². The van der Waals surface area contributed by atoms with Gasteiger partial charge < -0.3 is 5.11 Å². The van der Waals surface area contributed by atoms with Crippen molar-refractivity contribution in [2.75, 3.05) is 0 Å². The first-order valence-corrected chi connectivity index (χ1v) is 4.71. The molecule has 2 aromatic rings. The van der Waals surface area contributed by atoms with Crippen LogP contribution in [0.4, 0.5) is 0 Å². The van der Waals surface area contributed by atoms with E-state index in [0.29, 0.717) is 5.56 Å². The minimum Gasteiger partial charge on any atom is -0.499 e. The number of benzene rings is 1. The molecular formula is C10H8O2S. The lowest BCUT2D eigenvalue weighted by molar-refractivity contribution is 0.112. The fourth-order valence-corrected chi connectivity index (χ4v) is 2.20. The first-order chi connectivity index (χ1) is 6.22. The molecule has 13 heavy (non-hydrogen) atoms.